The van der Waals surface area contributed by atoms with Crippen molar-refractivity contribution in [3.8, 4) is 0 Å². The maximum atomic E-state index is 13.4. The number of halogens is 1. The lowest BCUT2D eigenvalue weighted by Gasteiger charge is -2.30. The number of amides is 2. The largest absolute Gasteiger partial charge is 0.466 e. The standard InChI is InChI=1S/C25H37ClN2O6/c1-7-16(4)21(28-24(32)25(5,6)17-10-12-18(26)13-11-17)22(30)27-19(23(31)34-9-3)14-15-20(29)33-8-2/h10-13,16,19,21H,7-9,14-15H2,1-6H3,(H,27,30)(H,28,32)/t16-,19-,21-/m0/s1/i/hD. The van der Waals surface area contributed by atoms with Gasteiger partial charge in [-0.3, -0.25) is 14.4 Å². The number of benzene rings is 1. The minimum atomic E-state index is -1.17. The fourth-order valence-electron chi connectivity index (χ4n) is 3.19. The third kappa shape index (κ3) is 8.63. The quantitative estimate of drug-likeness (QED) is 0.403. The Morgan fingerprint density at radius 3 is 2.18 bits per heavy atom. The van der Waals surface area contributed by atoms with Crippen LogP contribution in [0.4, 0.5) is 0 Å². The molecule has 0 saturated heterocycles. The molecule has 1 aromatic carbocycles. The molecule has 0 bridgehead atoms. The van der Waals surface area contributed by atoms with Crippen LogP contribution in [0.3, 0.4) is 0 Å². The van der Waals surface area contributed by atoms with Crippen molar-refractivity contribution in [2.75, 3.05) is 13.2 Å². The third-order valence-corrected chi connectivity index (χ3v) is 5.89. The normalized spacial score (nSPS) is 14.3. The first-order valence-corrected chi connectivity index (χ1v) is 12.0. The molecule has 190 valence electrons. The van der Waals surface area contributed by atoms with Crippen LogP contribution in [0, 0.1) is 5.92 Å². The van der Waals surface area contributed by atoms with Gasteiger partial charge in [0.15, 0.2) is 1.41 Å². The van der Waals surface area contributed by atoms with E-state index in [1.165, 1.54) is 0 Å². The molecule has 2 amide bonds. The molecule has 0 aliphatic rings. The molecule has 0 saturated carbocycles. The summed E-state index contributed by atoms with van der Waals surface area (Å²) in [6.45, 7) is 10.5. The maximum absolute atomic E-state index is 13.4. The average molecular weight is 498 g/mol. The van der Waals surface area contributed by atoms with E-state index in [0.29, 0.717) is 22.3 Å². The molecule has 0 spiro atoms. The van der Waals surface area contributed by atoms with Crippen LogP contribution >= 0.6 is 11.6 Å². The highest BCUT2D eigenvalue weighted by atomic mass is 35.5. The Kier molecular flexibility index (Phi) is 11.3. The van der Waals surface area contributed by atoms with Gasteiger partial charge in [0.05, 0.1) is 18.6 Å². The SMILES string of the molecule is [2H]N(C(=O)C(C)(C)c1ccc(Cl)cc1)[C@H](C(=O)N[C@@H](CCC(=O)OCC)C(=O)OCC)[C@@H](C)CC. The van der Waals surface area contributed by atoms with Crippen molar-refractivity contribution in [3.05, 3.63) is 34.9 Å². The van der Waals surface area contributed by atoms with Gasteiger partial charge < -0.3 is 20.1 Å². The Bertz CT molecular complexity index is 877. The van der Waals surface area contributed by atoms with Crippen molar-refractivity contribution in [2.45, 2.75) is 78.3 Å². The highest BCUT2D eigenvalue weighted by Gasteiger charge is 2.36. The van der Waals surface area contributed by atoms with E-state index in [2.05, 4.69) is 5.32 Å². The van der Waals surface area contributed by atoms with Gasteiger partial charge in [-0.05, 0) is 57.7 Å². The van der Waals surface area contributed by atoms with Gasteiger partial charge in [-0.25, -0.2) is 4.79 Å². The predicted octanol–water partition coefficient (Wildman–Crippen LogP) is 3.54. The smallest absolute Gasteiger partial charge is 0.328 e. The molecular formula is C25H37ClN2O6. The van der Waals surface area contributed by atoms with Gasteiger partial charge in [0.1, 0.15) is 12.1 Å². The number of carbonyl (C=O) groups is 4. The predicted molar refractivity (Wildman–Crippen MR) is 130 cm³/mol. The summed E-state index contributed by atoms with van der Waals surface area (Å²) < 4.78 is 18.6. The summed E-state index contributed by atoms with van der Waals surface area (Å²) in [6, 6.07) is 4.45. The lowest BCUT2D eigenvalue weighted by atomic mass is 9.83. The topological polar surface area (TPSA) is 111 Å². The first kappa shape index (κ1) is 27.6. The number of hydrogen-bond acceptors (Lipinski definition) is 6. The molecule has 0 fully saturated rings. The third-order valence-electron chi connectivity index (χ3n) is 5.64. The van der Waals surface area contributed by atoms with Crippen LogP contribution < -0.4 is 10.6 Å². The Hall–Kier alpha value is -2.61. The van der Waals surface area contributed by atoms with Crippen LogP contribution in [0.15, 0.2) is 24.3 Å². The van der Waals surface area contributed by atoms with Crippen molar-refractivity contribution in [2.24, 2.45) is 5.92 Å². The lowest BCUT2D eigenvalue weighted by Crippen LogP contribution is -2.56. The number of esters is 2. The molecule has 0 aliphatic heterocycles. The second-order valence-electron chi connectivity index (χ2n) is 8.55. The molecule has 2 N–H and O–H groups in total. The Morgan fingerprint density at radius 2 is 1.65 bits per heavy atom. The lowest BCUT2D eigenvalue weighted by molar-refractivity contribution is -0.149. The summed E-state index contributed by atoms with van der Waals surface area (Å²) in [5.74, 6) is -2.84. The van der Waals surface area contributed by atoms with Crippen LogP contribution in [-0.4, -0.2) is 49.1 Å². The zero-order valence-corrected chi connectivity index (χ0v) is 21.6. The second kappa shape index (κ2) is 13.9. The van der Waals surface area contributed by atoms with Gasteiger partial charge in [0.25, 0.3) is 0 Å². The number of hydrogen-bond donors (Lipinski definition) is 2. The zero-order chi connectivity index (χ0) is 26.8. The van der Waals surface area contributed by atoms with Gasteiger partial charge in [-0.15, -0.1) is 0 Å². The van der Waals surface area contributed by atoms with Crippen molar-refractivity contribution < 1.29 is 30.1 Å². The fraction of sp³-hybridized carbons (Fsp3) is 0.600. The maximum Gasteiger partial charge on any atom is 0.328 e. The molecule has 0 unspecified atom stereocenters. The number of nitrogens with one attached hydrogen (secondary N) is 2. The van der Waals surface area contributed by atoms with E-state index >= 15 is 0 Å². The van der Waals surface area contributed by atoms with Gasteiger partial charge in [-0.2, -0.15) is 0 Å². The monoisotopic (exact) mass is 497 g/mol. The molecular weight excluding hydrogens is 460 g/mol. The van der Waals surface area contributed by atoms with Crippen LogP contribution in [-0.2, 0) is 34.1 Å². The van der Waals surface area contributed by atoms with Crippen molar-refractivity contribution in [1.82, 2.24) is 10.6 Å². The number of ether oxygens (including phenoxy) is 2. The van der Waals surface area contributed by atoms with Gasteiger partial charge in [-0.1, -0.05) is 44.0 Å². The summed E-state index contributed by atoms with van der Waals surface area (Å²) in [4.78, 5) is 51.0. The van der Waals surface area contributed by atoms with Crippen LogP contribution in [0.2, 0.25) is 6.43 Å². The van der Waals surface area contributed by atoms with E-state index in [0.717, 1.165) is 0 Å². The van der Waals surface area contributed by atoms with Crippen molar-refractivity contribution in [1.29, 1.82) is 0 Å². The molecule has 0 heterocycles. The van der Waals surface area contributed by atoms with E-state index in [4.69, 9.17) is 22.5 Å². The first-order valence-electron chi connectivity index (χ1n) is 12.1. The van der Waals surface area contributed by atoms with E-state index in [1.807, 2.05) is 6.92 Å². The highest BCUT2D eigenvalue weighted by molar-refractivity contribution is 6.30. The first-order chi connectivity index (χ1) is 16.4. The van der Waals surface area contributed by atoms with Gasteiger partial charge >= 0.3 is 11.9 Å². The van der Waals surface area contributed by atoms with E-state index in [-0.39, 0.29) is 32.0 Å². The molecule has 0 aliphatic carbocycles. The van der Waals surface area contributed by atoms with Crippen LogP contribution in [0.25, 0.3) is 0 Å². The highest BCUT2D eigenvalue weighted by Crippen LogP contribution is 2.25. The molecule has 9 heteroatoms. The Morgan fingerprint density at radius 1 is 1.06 bits per heavy atom. The second-order valence-corrected chi connectivity index (χ2v) is 8.99. The molecule has 1 rings (SSSR count). The van der Waals surface area contributed by atoms with Crippen molar-refractivity contribution >= 4 is 35.4 Å². The number of rotatable bonds is 13. The molecule has 34 heavy (non-hydrogen) atoms. The van der Waals surface area contributed by atoms with E-state index in [9.17, 15) is 19.2 Å². The van der Waals surface area contributed by atoms with Crippen molar-refractivity contribution in [3.63, 3.8) is 0 Å². The molecule has 1 aromatic rings. The van der Waals surface area contributed by atoms with Crippen LogP contribution in [0.1, 0.15) is 66.4 Å². The summed E-state index contributed by atoms with van der Waals surface area (Å²) in [7, 11) is 0. The summed E-state index contributed by atoms with van der Waals surface area (Å²) >= 11 is 5.96. The van der Waals surface area contributed by atoms with Gasteiger partial charge in [0.2, 0.25) is 11.8 Å². The minimum Gasteiger partial charge on any atom is -0.466 e. The molecule has 0 aromatic heterocycles. The summed E-state index contributed by atoms with van der Waals surface area (Å²) in [5.41, 5.74) is -0.464. The van der Waals surface area contributed by atoms with Gasteiger partial charge in [0, 0.05) is 11.4 Å². The van der Waals surface area contributed by atoms with E-state index in [1.54, 1.807) is 58.9 Å². The molecule has 0 radical (unpaired) electrons. The molecule has 8 nitrogen and oxygen atoms in total. The molecule has 3 atom stereocenters. The fourth-order valence-corrected chi connectivity index (χ4v) is 3.32. The summed E-state index contributed by atoms with van der Waals surface area (Å²) in [5, 5.41) is 3.80. The Labute approximate surface area is 208 Å². The van der Waals surface area contributed by atoms with Crippen LogP contribution in [0.5, 0.6) is 0 Å². The zero-order valence-electron chi connectivity index (χ0n) is 21.9. The average Bonchev–Trinajstić information content (AvgIpc) is 2.81. The summed E-state index contributed by atoms with van der Waals surface area (Å²) in [6.07, 6.45) is 0.382. The Balaban J connectivity index is 3.16. The number of carbonyl (C=O) groups excluding carboxylic acids is 4. The minimum absolute atomic E-state index is 0.0289. The van der Waals surface area contributed by atoms with E-state index < -0.39 is 41.3 Å².